The predicted octanol–water partition coefficient (Wildman–Crippen LogP) is 2.72. The highest BCUT2D eigenvalue weighted by Gasteiger charge is 2.22. The summed E-state index contributed by atoms with van der Waals surface area (Å²) >= 11 is 6.01. The number of nitrogens with one attached hydrogen (secondary N) is 1. The molecule has 0 aliphatic rings. The second kappa shape index (κ2) is 7.83. The van der Waals surface area contributed by atoms with Gasteiger partial charge in [0.2, 0.25) is 10.0 Å². The first-order valence-corrected chi connectivity index (χ1v) is 9.16. The molecule has 0 aliphatic carbocycles. The standard InChI is InChI=1S/C17H15ClFN3O3S/c1-22(2)26(24,25)13-7-8-15(18)14(9-13)17(23)21-16(10-20)11-3-5-12(19)6-4-11/h3-9,16H,1-2H3,(H,21,23)/t16-/m0/s1. The molecule has 0 spiro atoms. The summed E-state index contributed by atoms with van der Waals surface area (Å²) < 4.78 is 38.4. The lowest BCUT2D eigenvalue weighted by molar-refractivity contribution is 0.0945. The van der Waals surface area contributed by atoms with Crippen molar-refractivity contribution in [3.63, 3.8) is 0 Å². The molecule has 2 rings (SSSR count). The molecule has 1 amide bonds. The number of carbonyl (C=O) groups excluding carboxylic acids is 1. The van der Waals surface area contributed by atoms with Gasteiger partial charge in [-0.15, -0.1) is 0 Å². The first-order chi connectivity index (χ1) is 12.2. The fraction of sp³-hybridized carbons (Fsp3) is 0.176. The number of rotatable bonds is 5. The molecule has 26 heavy (non-hydrogen) atoms. The maximum Gasteiger partial charge on any atom is 0.254 e. The van der Waals surface area contributed by atoms with E-state index in [9.17, 15) is 22.9 Å². The average molecular weight is 396 g/mol. The van der Waals surface area contributed by atoms with Crippen molar-refractivity contribution in [2.45, 2.75) is 10.9 Å². The van der Waals surface area contributed by atoms with Gasteiger partial charge in [0, 0.05) is 14.1 Å². The van der Waals surface area contributed by atoms with Crippen LogP contribution in [0.5, 0.6) is 0 Å². The van der Waals surface area contributed by atoms with E-state index in [4.69, 9.17) is 11.6 Å². The molecule has 0 radical (unpaired) electrons. The number of halogens is 2. The SMILES string of the molecule is CN(C)S(=O)(=O)c1ccc(Cl)c(C(=O)N[C@@H](C#N)c2ccc(F)cc2)c1. The third-order valence-electron chi connectivity index (χ3n) is 3.57. The van der Waals surface area contributed by atoms with Crippen molar-refractivity contribution in [1.29, 1.82) is 5.26 Å². The van der Waals surface area contributed by atoms with E-state index in [1.165, 1.54) is 50.5 Å². The summed E-state index contributed by atoms with van der Waals surface area (Å²) in [7, 11) is -1.02. The Balaban J connectivity index is 2.34. The Kier molecular flexibility index (Phi) is 5.97. The number of sulfonamides is 1. The van der Waals surface area contributed by atoms with Gasteiger partial charge in [0.15, 0.2) is 0 Å². The minimum absolute atomic E-state index is 0.0380. The normalized spacial score (nSPS) is 12.5. The molecular weight excluding hydrogens is 381 g/mol. The van der Waals surface area contributed by atoms with Gasteiger partial charge >= 0.3 is 0 Å². The molecular formula is C17H15ClFN3O3S. The highest BCUT2D eigenvalue weighted by molar-refractivity contribution is 7.89. The largest absolute Gasteiger partial charge is 0.332 e. The van der Waals surface area contributed by atoms with Crippen LogP contribution in [0.4, 0.5) is 4.39 Å². The molecule has 2 aromatic carbocycles. The van der Waals surface area contributed by atoms with Crippen molar-refractivity contribution >= 4 is 27.5 Å². The number of hydrogen-bond donors (Lipinski definition) is 1. The van der Waals surface area contributed by atoms with Crippen molar-refractivity contribution in [2.75, 3.05) is 14.1 Å². The van der Waals surface area contributed by atoms with Crippen molar-refractivity contribution in [3.8, 4) is 6.07 Å². The molecule has 0 bridgehead atoms. The Morgan fingerprint density at radius 2 is 1.85 bits per heavy atom. The van der Waals surface area contributed by atoms with Gasteiger partial charge in [0.1, 0.15) is 11.9 Å². The lowest BCUT2D eigenvalue weighted by atomic mass is 10.1. The predicted molar refractivity (Wildman–Crippen MR) is 94.5 cm³/mol. The molecule has 1 atom stereocenters. The maximum atomic E-state index is 13.0. The van der Waals surface area contributed by atoms with Crippen LogP contribution in [-0.4, -0.2) is 32.7 Å². The van der Waals surface area contributed by atoms with Crippen molar-refractivity contribution < 1.29 is 17.6 Å². The zero-order valence-electron chi connectivity index (χ0n) is 13.9. The van der Waals surface area contributed by atoms with E-state index in [-0.39, 0.29) is 15.5 Å². The quantitative estimate of drug-likeness (QED) is 0.842. The minimum atomic E-state index is -3.75. The summed E-state index contributed by atoms with van der Waals surface area (Å²) in [4.78, 5) is 12.4. The van der Waals surface area contributed by atoms with E-state index >= 15 is 0 Å². The van der Waals surface area contributed by atoms with E-state index in [2.05, 4.69) is 5.32 Å². The average Bonchev–Trinajstić information content (AvgIpc) is 2.60. The Morgan fingerprint density at radius 1 is 1.23 bits per heavy atom. The third kappa shape index (κ3) is 4.19. The Morgan fingerprint density at radius 3 is 2.38 bits per heavy atom. The fourth-order valence-electron chi connectivity index (χ4n) is 2.10. The van der Waals surface area contributed by atoms with Crippen LogP contribution in [0.15, 0.2) is 47.4 Å². The lowest BCUT2D eigenvalue weighted by Gasteiger charge is -2.15. The highest BCUT2D eigenvalue weighted by Crippen LogP contribution is 2.23. The summed E-state index contributed by atoms with van der Waals surface area (Å²) in [5.41, 5.74) is 0.299. The molecule has 0 unspecified atom stereocenters. The van der Waals surface area contributed by atoms with Crippen LogP contribution in [0.2, 0.25) is 5.02 Å². The van der Waals surface area contributed by atoms with Gasteiger partial charge in [-0.2, -0.15) is 5.26 Å². The second-order valence-corrected chi connectivity index (χ2v) is 8.08. The zero-order valence-corrected chi connectivity index (χ0v) is 15.5. The number of amides is 1. The third-order valence-corrected chi connectivity index (χ3v) is 5.71. The van der Waals surface area contributed by atoms with E-state index in [1.807, 2.05) is 6.07 Å². The van der Waals surface area contributed by atoms with Crippen LogP contribution < -0.4 is 5.32 Å². The van der Waals surface area contributed by atoms with Crippen LogP contribution in [0.1, 0.15) is 22.0 Å². The molecule has 0 aromatic heterocycles. The molecule has 0 aliphatic heterocycles. The Hall–Kier alpha value is -2.47. The molecule has 0 saturated carbocycles. The summed E-state index contributed by atoms with van der Waals surface area (Å²) in [6, 6.07) is 9.67. The van der Waals surface area contributed by atoms with Crippen LogP contribution >= 0.6 is 11.6 Å². The summed E-state index contributed by atoms with van der Waals surface area (Å²) in [5, 5.41) is 11.8. The number of carbonyl (C=O) groups is 1. The van der Waals surface area contributed by atoms with Gasteiger partial charge in [0.25, 0.3) is 5.91 Å². The number of nitrogens with zero attached hydrogens (tertiary/aromatic N) is 2. The van der Waals surface area contributed by atoms with Crippen LogP contribution in [0.25, 0.3) is 0 Å². The monoisotopic (exact) mass is 395 g/mol. The second-order valence-electron chi connectivity index (χ2n) is 5.52. The van der Waals surface area contributed by atoms with Gasteiger partial charge in [-0.3, -0.25) is 4.79 Å². The number of benzene rings is 2. The fourth-order valence-corrected chi connectivity index (χ4v) is 3.24. The molecule has 0 heterocycles. The molecule has 9 heteroatoms. The number of hydrogen-bond acceptors (Lipinski definition) is 4. The first-order valence-electron chi connectivity index (χ1n) is 7.35. The minimum Gasteiger partial charge on any atom is -0.332 e. The Labute approximate surface area is 155 Å². The highest BCUT2D eigenvalue weighted by atomic mass is 35.5. The van der Waals surface area contributed by atoms with Crippen molar-refractivity contribution in [3.05, 3.63) is 64.4 Å². The maximum absolute atomic E-state index is 13.0. The first kappa shape index (κ1) is 19.8. The summed E-state index contributed by atoms with van der Waals surface area (Å²) in [6.07, 6.45) is 0. The van der Waals surface area contributed by atoms with Crippen LogP contribution in [-0.2, 0) is 10.0 Å². The topological polar surface area (TPSA) is 90.3 Å². The summed E-state index contributed by atoms with van der Waals surface area (Å²) in [5.74, 6) is -1.19. The molecule has 0 saturated heterocycles. The molecule has 1 N–H and O–H groups in total. The van der Waals surface area contributed by atoms with E-state index in [1.54, 1.807) is 0 Å². The van der Waals surface area contributed by atoms with Crippen LogP contribution in [0, 0.1) is 17.1 Å². The van der Waals surface area contributed by atoms with Gasteiger partial charge < -0.3 is 5.32 Å². The molecule has 136 valence electrons. The van der Waals surface area contributed by atoms with Gasteiger partial charge in [-0.05, 0) is 35.9 Å². The zero-order chi connectivity index (χ0) is 19.5. The number of nitriles is 1. The van der Waals surface area contributed by atoms with Crippen molar-refractivity contribution in [1.82, 2.24) is 9.62 Å². The van der Waals surface area contributed by atoms with Crippen molar-refractivity contribution in [2.24, 2.45) is 0 Å². The molecule has 2 aromatic rings. The van der Waals surface area contributed by atoms with E-state index in [0.29, 0.717) is 5.56 Å². The van der Waals surface area contributed by atoms with E-state index in [0.717, 1.165) is 10.4 Å². The summed E-state index contributed by atoms with van der Waals surface area (Å²) in [6.45, 7) is 0. The Bertz CT molecular complexity index is 970. The van der Waals surface area contributed by atoms with Gasteiger partial charge in [-0.25, -0.2) is 17.1 Å². The smallest absolute Gasteiger partial charge is 0.254 e. The van der Waals surface area contributed by atoms with E-state index < -0.39 is 27.8 Å². The molecule has 6 nitrogen and oxygen atoms in total. The molecule has 0 fully saturated rings. The van der Waals surface area contributed by atoms with Crippen LogP contribution in [0.3, 0.4) is 0 Å². The lowest BCUT2D eigenvalue weighted by Crippen LogP contribution is -2.28. The van der Waals surface area contributed by atoms with Gasteiger partial charge in [0.05, 0.1) is 21.6 Å². The van der Waals surface area contributed by atoms with Gasteiger partial charge in [-0.1, -0.05) is 23.7 Å².